The lowest BCUT2D eigenvalue weighted by Gasteiger charge is -2.15. The van der Waals surface area contributed by atoms with Crippen molar-refractivity contribution in [1.29, 1.82) is 0 Å². The molecule has 3 rings (SSSR count). The molecule has 12 nitrogen and oxygen atoms in total. The van der Waals surface area contributed by atoms with Gasteiger partial charge in [0, 0.05) is 30.7 Å². The van der Waals surface area contributed by atoms with E-state index in [0.29, 0.717) is 29.8 Å². The quantitative estimate of drug-likeness (QED) is 0.262. The molecule has 4 N–H and O–H groups in total. The molecule has 3 aromatic heterocycles. The number of rotatable bonds is 13. The maximum Gasteiger partial charge on any atom is 0.316 e. The van der Waals surface area contributed by atoms with Gasteiger partial charge >= 0.3 is 6.01 Å². The summed E-state index contributed by atoms with van der Waals surface area (Å²) in [6.07, 6.45) is 10.4. The number of pyridine rings is 1. The van der Waals surface area contributed by atoms with E-state index in [1.54, 1.807) is 36.8 Å². The summed E-state index contributed by atoms with van der Waals surface area (Å²) in [5.41, 5.74) is 6.92. The lowest BCUT2D eigenvalue weighted by Crippen LogP contribution is -2.31. The minimum Gasteiger partial charge on any atom is -0.473 e. The van der Waals surface area contributed by atoms with Crippen LogP contribution in [0.5, 0.6) is 11.9 Å². The summed E-state index contributed by atoms with van der Waals surface area (Å²) in [7, 11) is -3.87. The molecule has 0 bridgehead atoms. The number of nitrogens with two attached hydrogens (primary N) is 1. The highest BCUT2D eigenvalue weighted by Crippen LogP contribution is 2.34. The minimum absolute atomic E-state index is 0.0417. The molecule has 0 spiro atoms. The Hall–Kier alpha value is -3.36. The van der Waals surface area contributed by atoms with Crippen molar-refractivity contribution in [3.05, 3.63) is 53.4 Å². The minimum atomic E-state index is -3.87. The van der Waals surface area contributed by atoms with E-state index in [1.807, 2.05) is 6.92 Å². The number of anilines is 1. The zero-order valence-electron chi connectivity index (χ0n) is 18.9. The van der Waals surface area contributed by atoms with Gasteiger partial charge in [-0.25, -0.2) is 19.9 Å². The summed E-state index contributed by atoms with van der Waals surface area (Å²) in [6.45, 7) is 2.48. The molecule has 3 aromatic rings. The van der Waals surface area contributed by atoms with Gasteiger partial charge in [-0.05, 0) is 40.7 Å². The molecule has 0 atom stereocenters. The largest absolute Gasteiger partial charge is 0.473 e. The van der Waals surface area contributed by atoms with Crippen molar-refractivity contribution in [3.63, 3.8) is 0 Å². The van der Waals surface area contributed by atoms with Crippen molar-refractivity contribution in [2.24, 2.45) is 5.73 Å². The SMILES string of the molecule is CCCCNS(=O)(=O)Nc1ncnc(OCCOc2ncc(Br)cn2)c1-c1ccc(C=CN)nc1. The van der Waals surface area contributed by atoms with Gasteiger partial charge in [0.1, 0.15) is 19.5 Å². The molecule has 0 aliphatic heterocycles. The molecule has 0 unspecified atom stereocenters. The van der Waals surface area contributed by atoms with E-state index in [-0.39, 0.29) is 30.9 Å². The van der Waals surface area contributed by atoms with Crippen LogP contribution < -0.4 is 24.7 Å². The first kappa shape index (κ1) is 26.2. The number of nitrogens with zero attached hydrogens (tertiary/aromatic N) is 5. The molecule has 0 aromatic carbocycles. The lowest BCUT2D eigenvalue weighted by atomic mass is 10.1. The fourth-order valence-electron chi connectivity index (χ4n) is 2.76. The van der Waals surface area contributed by atoms with Crippen LogP contribution in [-0.2, 0) is 10.2 Å². The number of unbranched alkanes of at least 4 members (excludes halogenated alkanes) is 1. The van der Waals surface area contributed by atoms with Crippen LogP contribution in [0.25, 0.3) is 17.2 Å². The fourth-order valence-corrected chi connectivity index (χ4v) is 3.86. The summed E-state index contributed by atoms with van der Waals surface area (Å²) in [5.74, 6) is 0.190. The standard InChI is InChI=1S/C21H25BrN8O4S/c1-2-3-8-29-35(31,32)30-19-18(15-4-5-17(6-7-23)24-11-15)20(28-14-27-19)33-9-10-34-21-25-12-16(22)13-26-21/h4-7,11-14,29H,2-3,8-10,23H2,1H3,(H,27,28,30). The Labute approximate surface area is 211 Å². The molecule has 35 heavy (non-hydrogen) atoms. The topological polar surface area (TPSA) is 167 Å². The maximum absolute atomic E-state index is 12.6. The predicted molar refractivity (Wildman–Crippen MR) is 135 cm³/mol. The molecule has 0 aliphatic rings. The van der Waals surface area contributed by atoms with Gasteiger partial charge in [-0.2, -0.15) is 13.1 Å². The van der Waals surface area contributed by atoms with Gasteiger partial charge in [-0.3, -0.25) is 9.71 Å². The highest BCUT2D eigenvalue weighted by atomic mass is 79.9. The Bertz CT molecular complexity index is 1230. The van der Waals surface area contributed by atoms with E-state index in [2.05, 4.69) is 50.3 Å². The predicted octanol–water partition coefficient (Wildman–Crippen LogP) is 2.52. The Morgan fingerprint density at radius 1 is 1.06 bits per heavy atom. The number of nitrogens with one attached hydrogen (secondary N) is 2. The molecule has 0 aliphatic carbocycles. The second kappa shape index (κ2) is 12.9. The van der Waals surface area contributed by atoms with Gasteiger partial charge in [0.2, 0.25) is 5.88 Å². The summed E-state index contributed by atoms with van der Waals surface area (Å²) in [4.78, 5) is 20.7. The first-order chi connectivity index (χ1) is 16.9. The van der Waals surface area contributed by atoms with E-state index in [1.165, 1.54) is 12.5 Å². The number of hydrogen-bond acceptors (Lipinski definition) is 10. The van der Waals surface area contributed by atoms with E-state index in [0.717, 1.165) is 10.9 Å². The van der Waals surface area contributed by atoms with Crippen molar-refractivity contribution in [1.82, 2.24) is 29.6 Å². The van der Waals surface area contributed by atoms with Gasteiger partial charge in [-0.1, -0.05) is 19.4 Å². The van der Waals surface area contributed by atoms with Gasteiger partial charge < -0.3 is 15.2 Å². The highest BCUT2D eigenvalue weighted by molar-refractivity contribution is 9.10. The van der Waals surface area contributed by atoms with Crippen LogP contribution in [-0.4, -0.2) is 53.1 Å². The summed E-state index contributed by atoms with van der Waals surface area (Å²) < 4.78 is 42.1. The molecule has 0 saturated heterocycles. The molecule has 0 amide bonds. The van der Waals surface area contributed by atoms with E-state index >= 15 is 0 Å². The molecular formula is C21H25BrN8O4S. The zero-order valence-corrected chi connectivity index (χ0v) is 21.3. The van der Waals surface area contributed by atoms with Crippen molar-refractivity contribution in [2.75, 3.05) is 24.5 Å². The third-order valence-corrected chi connectivity index (χ3v) is 5.81. The van der Waals surface area contributed by atoms with Crippen molar-refractivity contribution in [2.45, 2.75) is 19.8 Å². The number of halogens is 1. The third-order valence-electron chi connectivity index (χ3n) is 4.36. The third kappa shape index (κ3) is 8.12. The monoisotopic (exact) mass is 564 g/mol. The van der Waals surface area contributed by atoms with Gasteiger partial charge in [0.15, 0.2) is 5.82 Å². The van der Waals surface area contributed by atoms with E-state index in [4.69, 9.17) is 15.2 Å². The number of ether oxygens (including phenoxy) is 2. The van der Waals surface area contributed by atoms with Crippen LogP contribution in [0.3, 0.4) is 0 Å². The normalized spacial score (nSPS) is 11.5. The Morgan fingerprint density at radius 2 is 1.83 bits per heavy atom. The van der Waals surface area contributed by atoms with Gasteiger partial charge in [0.25, 0.3) is 10.2 Å². The fraction of sp³-hybridized carbons (Fsp3) is 0.286. The molecule has 14 heteroatoms. The van der Waals surface area contributed by atoms with Crippen LogP contribution in [0, 0.1) is 0 Å². The van der Waals surface area contributed by atoms with Crippen molar-refractivity contribution >= 4 is 38.0 Å². The smallest absolute Gasteiger partial charge is 0.316 e. The average molecular weight is 565 g/mol. The summed E-state index contributed by atoms with van der Waals surface area (Å²) >= 11 is 3.26. The first-order valence-electron chi connectivity index (χ1n) is 10.6. The number of aromatic nitrogens is 5. The Morgan fingerprint density at radius 3 is 2.51 bits per heavy atom. The Kier molecular flexibility index (Phi) is 9.69. The van der Waals surface area contributed by atoms with E-state index in [9.17, 15) is 8.42 Å². The molecular weight excluding hydrogens is 540 g/mol. The summed E-state index contributed by atoms with van der Waals surface area (Å²) in [6, 6.07) is 3.66. The van der Waals surface area contributed by atoms with Crippen LogP contribution in [0.1, 0.15) is 25.5 Å². The zero-order chi connectivity index (χ0) is 25.1. The Balaban J connectivity index is 1.83. The first-order valence-corrected chi connectivity index (χ1v) is 12.9. The van der Waals surface area contributed by atoms with Crippen molar-refractivity contribution in [3.8, 4) is 23.0 Å². The lowest BCUT2D eigenvalue weighted by molar-refractivity contribution is 0.202. The van der Waals surface area contributed by atoms with Crippen LogP contribution in [0.4, 0.5) is 5.82 Å². The molecule has 0 radical (unpaired) electrons. The van der Waals surface area contributed by atoms with Crippen LogP contribution >= 0.6 is 15.9 Å². The summed E-state index contributed by atoms with van der Waals surface area (Å²) in [5, 5.41) is 0. The maximum atomic E-state index is 12.6. The van der Waals surface area contributed by atoms with Gasteiger partial charge in [0.05, 0.1) is 15.7 Å². The average Bonchev–Trinajstić information content (AvgIpc) is 2.84. The second-order valence-electron chi connectivity index (χ2n) is 6.97. The highest BCUT2D eigenvalue weighted by Gasteiger charge is 2.20. The second-order valence-corrected chi connectivity index (χ2v) is 9.38. The molecule has 186 valence electrons. The van der Waals surface area contributed by atoms with E-state index < -0.39 is 10.2 Å². The molecule has 0 fully saturated rings. The van der Waals surface area contributed by atoms with Crippen LogP contribution in [0.2, 0.25) is 0 Å². The molecule has 3 heterocycles. The van der Waals surface area contributed by atoms with Gasteiger partial charge in [-0.15, -0.1) is 0 Å². The van der Waals surface area contributed by atoms with Crippen LogP contribution in [0.15, 0.2) is 47.7 Å². The molecule has 0 saturated carbocycles. The van der Waals surface area contributed by atoms with Crippen molar-refractivity contribution < 1.29 is 17.9 Å². The number of hydrogen-bond donors (Lipinski definition) is 3.